The van der Waals surface area contributed by atoms with Crippen LogP contribution < -0.4 is 10.6 Å². The minimum absolute atomic E-state index is 0.0586. The molecule has 0 aromatic heterocycles. The molecule has 1 fully saturated rings. The lowest BCUT2D eigenvalue weighted by molar-refractivity contribution is 0.0911. The van der Waals surface area contributed by atoms with Gasteiger partial charge in [-0.05, 0) is 61.8 Å². The molecule has 2 unspecified atom stereocenters. The summed E-state index contributed by atoms with van der Waals surface area (Å²) in [6.45, 7) is 7.66. The Morgan fingerprint density at radius 3 is 2.29 bits per heavy atom. The topological polar surface area (TPSA) is 41.1 Å². The summed E-state index contributed by atoms with van der Waals surface area (Å²) < 4.78 is 0. The Bertz CT molecular complexity index is 445. The minimum Gasteiger partial charge on any atom is -0.385 e. The molecule has 116 valence electrons. The van der Waals surface area contributed by atoms with E-state index in [4.69, 9.17) is 0 Å². The molecule has 1 aliphatic rings. The number of hydrogen-bond acceptors (Lipinski definition) is 2. The zero-order valence-electron chi connectivity index (χ0n) is 13.5. The van der Waals surface area contributed by atoms with Crippen LogP contribution in [0.4, 0.5) is 5.69 Å². The number of carbonyl (C=O) groups is 1. The first-order valence-electron chi connectivity index (χ1n) is 8.23. The molecule has 1 saturated carbocycles. The van der Waals surface area contributed by atoms with Gasteiger partial charge in [0.25, 0.3) is 5.91 Å². The lowest BCUT2D eigenvalue weighted by Gasteiger charge is -2.32. The van der Waals surface area contributed by atoms with Crippen molar-refractivity contribution < 1.29 is 4.79 Å². The molecule has 3 nitrogen and oxygen atoms in total. The number of benzene rings is 1. The summed E-state index contributed by atoms with van der Waals surface area (Å²) in [4.78, 5) is 12.3. The van der Waals surface area contributed by atoms with Crippen molar-refractivity contribution in [3.05, 3.63) is 29.8 Å². The summed E-state index contributed by atoms with van der Waals surface area (Å²) >= 11 is 0. The second-order valence-electron chi connectivity index (χ2n) is 6.59. The van der Waals surface area contributed by atoms with Crippen LogP contribution in [0.1, 0.15) is 56.8 Å². The van der Waals surface area contributed by atoms with E-state index in [-0.39, 0.29) is 5.91 Å². The van der Waals surface area contributed by atoms with Crippen molar-refractivity contribution in [3.63, 3.8) is 0 Å². The Kier molecular flexibility index (Phi) is 5.66. The standard InChI is InChI=1S/C18H28N2O/c1-4-9-19-16-7-5-15(6-8-16)18(21)20-17-11-13(2)10-14(3)12-17/h5-8,13-14,17,19H,4,9-12H2,1-3H3,(H,20,21). The van der Waals surface area contributed by atoms with Crippen molar-refractivity contribution in [2.75, 3.05) is 11.9 Å². The summed E-state index contributed by atoms with van der Waals surface area (Å²) in [6.07, 6.45) is 4.59. The zero-order valence-corrected chi connectivity index (χ0v) is 13.5. The first-order chi connectivity index (χ1) is 10.1. The maximum absolute atomic E-state index is 12.3. The fraction of sp³-hybridized carbons (Fsp3) is 0.611. The highest BCUT2D eigenvalue weighted by Gasteiger charge is 2.25. The minimum atomic E-state index is 0.0586. The van der Waals surface area contributed by atoms with E-state index in [2.05, 4.69) is 31.4 Å². The van der Waals surface area contributed by atoms with Crippen LogP contribution in [0.5, 0.6) is 0 Å². The highest BCUT2D eigenvalue weighted by Crippen LogP contribution is 2.28. The molecule has 1 aliphatic carbocycles. The summed E-state index contributed by atoms with van der Waals surface area (Å²) in [6, 6.07) is 8.11. The quantitative estimate of drug-likeness (QED) is 0.857. The predicted octanol–water partition coefficient (Wildman–Crippen LogP) is 4.06. The van der Waals surface area contributed by atoms with Crippen molar-refractivity contribution in [3.8, 4) is 0 Å². The van der Waals surface area contributed by atoms with Gasteiger partial charge in [0.05, 0.1) is 0 Å². The Balaban J connectivity index is 1.90. The lowest BCUT2D eigenvalue weighted by atomic mass is 9.80. The summed E-state index contributed by atoms with van der Waals surface area (Å²) in [5, 5.41) is 6.52. The monoisotopic (exact) mass is 288 g/mol. The molecule has 2 rings (SSSR count). The molecule has 3 heteroatoms. The zero-order chi connectivity index (χ0) is 15.2. The summed E-state index contributed by atoms with van der Waals surface area (Å²) in [5.41, 5.74) is 1.83. The van der Waals surface area contributed by atoms with Gasteiger partial charge in [-0.15, -0.1) is 0 Å². The Hall–Kier alpha value is -1.51. The molecule has 1 aromatic rings. The van der Waals surface area contributed by atoms with E-state index in [1.165, 1.54) is 6.42 Å². The first kappa shape index (κ1) is 15.9. The number of nitrogens with one attached hydrogen (secondary N) is 2. The van der Waals surface area contributed by atoms with Gasteiger partial charge in [0.2, 0.25) is 0 Å². The predicted molar refractivity (Wildman–Crippen MR) is 88.7 cm³/mol. The van der Waals surface area contributed by atoms with E-state index in [0.717, 1.165) is 37.1 Å². The van der Waals surface area contributed by atoms with E-state index in [9.17, 15) is 4.79 Å². The van der Waals surface area contributed by atoms with E-state index in [1.54, 1.807) is 0 Å². The number of rotatable bonds is 5. The van der Waals surface area contributed by atoms with Crippen LogP contribution in [0, 0.1) is 11.8 Å². The molecular weight excluding hydrogens is 260 g/mol. The van der Waals surface area contributed by atoms with E-state index in [1.807, 2.05) is 24.3 Å². The van der Waals surface area contributed by atoms with Crippen LogP contribution >= 0.6 is 0 Å². The Morgan fingerprint density at radius 1 is 1.10 bits per heavy atom. The maximum Gasteiger partial charge on any atom is 0.251 e. The van der Waals surface area contributed by atoms with Crippen LogP contribution in [-0.2, 0) is 0 Å². The fourth-order valence-electron chi connectivity index (χ4n) is 3.34. The van der Waals surface area contributed by atoms with Crippen LogP contribution in [0.25, 0.3) is 0 Å². The number of hydrogen-bond donors (Lipinski definition) is 2. The van der Waals surface area contributed by atoms with Crippen molar-refractivity contribution in [1.82, 2.24) is 5.32 Å². The molecule has 0 bridgehead atoms. The molecular formula is C18H28N2O. The van der Waals surface area contributed by atoms with Gasteiger partial charge in [-0.3, -0.25) is 4.79 Å². The largest absolute Gasteiger partial charge is 0.385 e. The van der Waals surface area contributed by atoms with Crippen molar-refractivity contribution in [2.45, 2.75) is 52.5 Å². The molecule has 0 radical (unpaired) electrons. The second kappa shape index (κ2) is 7.48. The molecule has 0 aliphatic heterocycles. The van der Waals surface area contributed by atoms with Crippen LogP contribution in [0.2, 0.25) is 0 Å². The van der Waals surface area contributed by atoms with Gasteiger partial charge in [0, 0.05) is 23.8 Å². The smallest absolute Gasteiger partial charge is 0.251 e. The highest BCUT2D eigenvalue weighted by atomic mass is 16.1. The van der Waals surface area contributed by atoms with E-state index in [0.29, 0.717) is 17.9 Å². The summed E-state index contributed by atoms with van der Waals surface area (Å²) in [7, 11) is 0. The Labute approximate surface area is 128 Å². The molecule has 1 aromatic carbocycles. The highest BCUT2D eigenvalue weighted by molar-refractivity contribution is 5.94. The summed E-state index contributed by atoms with van der Waals surface area (Å²) in [5.74, 6) is 1.47. The van der Waals surface area contributed by atoms with Crippen LogP contribution in [0.15, 0.2) is 24.3 Å². The molecule has 2 N–H and O–H groups in total. The fourth-order valence-corrected chi connectivity index (χ4v) is 3.34. The molecule has 0 spiro atoms. The van der Waals surface area contributed by atoms with Gasteiger partial charge in [-0.2, -0.15) is 0 Å². The van der Waals surface area contributed by atoms with E-state index >= 15 is 0 Å². The third-order valence-electron chi connectivity index (χ3n) is 4.24. The molecule has 21 heavy (non-hydrogen) atoms. The Morgan fingerprint density at radius 2 is 1.71 bits per heavy atom. The number of anilines is 1. The first-order valence-corrected chi connectivity index (χ1v) is 8.23. The lowest BCUT2D eigenvalue weighted by Crippen LogP contribution is -2.40. The normalized spacial score (nSPS) is 25.4. The van der Waals surface area contributed by atoms with Gasteiger partial charge in [0.1, 0.15) is 0 Å². The van der Waals surface area contributed by atoms with Gasteiger partial charge in [-0.1, -0.05) is 20.8 Å². The van der Waals surface area contributed by atoms with Crippen LogP contribution in [0.3, 0.4) is 0 Å². The molecule has 2 atom stereocenters. The number of amides is 1. The average Bonchev–Trinajstić information content (AvgIpc) is 2.44. The molecule has 1 amide bonds. The van der Waals surface area contributed by atoms with Gasteiger partial charge in [0.15, 0.2) is 0 Å². The van der Waals surface area contributed by atoms with Gasteiger partial charge >= 0.3 is 0 Å². The van der Waals surface area contributed by atoms with Crippen LogP contribution in [-0.4, -0.2) is 18.5 Å². The van der Waals surface area contributed by atoms with Crippen molar-refractivity contribution >= 4 is 11.6 Å². The molecule has 0 heterocycles. The number of carbonyl (C=O) groups excluding carboxylic acids is 1. The van der Waals surface area contributed by atoms with Gasteiger partial charge in [-0.25, -0.2) is 0 Å². The SMILES string of the molecule is CCCNc1ccc(C(=O)NC2CC(C)CC(C)C2)cc1. The maximum atomic E-state index is 12.3. The average molecular weight is 288 g/mol. The third kappa shape index (κ3) is 4.76. The van der Waals surface area contributed by atoms with Crippen molar-refractivity contribution in [2.24, 2.45) is 11.8 Å². The van der Waals surface area contributed by atoms with Crippen molar-refractivity contribution in [1.29, 1.82) is 0 Å². The van der Waals surface area contributed by atoms with Gasteiger partial charge < -0.3 is 10.6 Å². The molecule has 0 saturated heterocycles. The third-order valence-corrected chi connectivity index (χ3v) is 4.24. The second-order valence-corrected chi connectivity index (χ2v) is 6.59. The van der Waals surface area contributed by atoms with E-state index < -0.39 is 0 Å².